The normalized spacial score (nSPS) is 16.4. The topological polar surface area (TPSA) is 76.0 Å². The van der Waals surface area contributed by atoms with E-state index in [2.05, 4.69) is 15.6 Å². The Hall–Kier alpha value is -2.86. The molecule has 0 bridgehead atoms. The van der Waals surface area contributed by atoms with E-state index in [-0.39, 0.29) is 18.2 Å². The molecule has 25 heavy (non-hydrogen) atoms. The molecule has 2 amide bonds. The number of nitrogens with zero attached hydrogens (tertiary/aromatic N) is 2. The summed E-state index contributed by atoms with van der Waals surface area (Å²) >= 11 is 6.02. The number of aryl methyl sites for hydroxylation is 1. The third-order valence-corrected chi connectivity index (χ3v) is 4.53. The van der Waals surface area contributed by atoms with Gasteiger partial charge in [-0.05, 0) is 36.8 Å². The third kappa shape index (κ3) is 2.74. The van der Waals surface area contributed by atoms with E-state index >= 15 is 0 Å². The summed E-state index contributed by atoms with van der Waals surface area (Å²) in [6.07, 6.45) is 0.0544. The second-order valence-corrected chi connectivity index (χ2v) is 6.45. The van der Waals surface area contributed by atoms with Gasteiger partial charge in [-0.3, -0.25) is 19.5 Å². The Labute approximate surface area is 148 Å². The Morgan fingerprint density at radius 3 is 2.96 bits per heavy atom. The number of fused-ring (bicyclic) bond motifs is 3. The summed E-state index contributed by atoms with van der Waals surface area (Å²) in [5.74, 6) is -0.115. The Bertz CT molecular complexity index is 1010. The van der Waals surface area contributed by atoms with E-state index in [0.29, 0.717) is 16.7 Å². The van der Waals surface area contributed by atoms with Gasteiger partial charge in [0, 0.05) is 10.7 Å². The molecule has 0 saturated carbocycles. The van der Waals surface area contributed by atoms with Crippen LogP contribution in [0.4, 0.5) is 11.6 Å². The molecule has 1 unspecified atom stereocenters. The molecule has 1 aliphatic heterocycles. The molecular formula is C18H15ClN4O2. The number of amides is 2. The molecule has 0 spiro atoms. The van der Waals surface area contributed by atoms with Crippen LogP contribution in [-0.4, -0.2) is 21.4 Å². The maximum atomic E-state index is 12.9. The van der Waals surface area contributed by atoms with E-state index in [9.17, 15) is 9.59 Å². The molecule has 7 heteroatoms. The minimum absolute atomic E-state index is 0.0544. The summed E-state index contributed by atoms with van der Waals surface area (Å²) in [7, 11) is 0. The smallest absolute Gasteiger partial charge is 0.248 e. The molecule has 3 aromatic rings. The summed E-state index contributed by atoms with van der Waals surface area (Å²) in [6, 6.07) is 12.1. The lowest BCUT2D eigenvalue weighted by Crippen LogP contribution is -2.35. The van der Waals surface area contributed by atoms with Gasteiger partial charge >= 0.3 is 0 Å². The highest BCUT2D eigenvalue weighted by Crippen LogP contribution is 2.31. The van der Waals surface area contributed by atoms with Crippen molar-refractivity contribution in [1.29, 1.82) is 0 Å². The van der Waals surface area contributed by atoms with Crippen molar-refractivity contribution in [3.63, 3.8) is 0 Å². The average molecular weight is 355 g/mol. The predicted molar refractivity (Wildman–Crippen MR) is 96.8 cm³/mol. The lowest BCUT2D eigenvalue weighted by Gasteiger charge is -2.25. The van der Waals surface area contributed by atoms with Crippen LogP contribution >= 0.6 is 11.6 Å². The van der Waals surface area contributed by atoms with Crippen LogP contribution in [0.3, 0.4) is 0 Å². The first-order valence-electron chi connectivity index (χ1n) is 7.87. The van der Waals surface area contributed by atoms with Gasteiger partial charge in [-0.25, -0.2) is 4.98 Å². The number of carbonyl (C=O) groups excluding carboxylic acids is 2. The van der Waals surface area contributed by atoms with Gasteiger partial charge in [-0.15, -0.1) is 0 Å². The van der Waals surface area contributed by atoms with Crippen LogP contribution in [0, 0.1) is 6.92 Å². The molecule has 2 N–H and O–H groups in total. The number of anilines is 2. The molecular weight excluding hydrogens is 340 g/mol. The Morgan fingerprint density at radius 1 is 1.32 bits per heavy atom. The fourth-order valence-corrected chi connectivity index (χ4v) is 3.22. The summed E-state index contributed by atoms with van der Waals surface area (Å²) in [5.41, 5.74) is 3.07. The van der Waals surface area contributed by atoms with Crippen molar-refractivity contribution in [1.82, 2.24) is 9.55 Å². The molecule has 1 aromatic heterocycles. The molecule has 0 aliphatic carbocycles. The molecule has 0 radical (unpaired) electrons. The van der Waals surface area contributed by atoms with E-state index in [1.165, 1.54) is 0 Å². The zero-order chi connectivity index (χ0) is 17.6. The van der Waals surface area contributed by atoms with E-state index in [0.717, 1.165) is 16.6 Å². The number of hydrogen-bond donors (Lipinski definition) is 2. The third-order valence-electron chi connectivity index (χ3n) is 4.30. The van der Waals surface area contributed by atoms with Crippen molar-refractivity contribution in [2.45, 2.75) is 19.4 Å². The molecule has 2 aromatic carbocycles. The first-order chi connectivity index (χ1) is 12.0. The van der Waals surface area contributed by atoms with Gasteiger partial charge in [0.1, 0.15) is 6.04 Å². The fraction of sp³-hybridized carbons (Fsp3) is 0.167. The fourth-order valence-electron chi connectivity index (χ4n) is 3.05. The van der Waals surface area contributed by atoms with E-state index in [1.54, 1.807) is 16.7 Å². The van der Waals surface area contributed by atoms with E-state index < -0.39 is 6.04 Å². The standard InChI is InChI=1S/C18H15ClN4O2/c1-10-6-7-11(19)8-13(10)20-17(25)15-9-16(24)22-18-21-12-4-2-3-5-14(12)23(15)18/h2-8,15H,9H2,1H3,(H,20,25)(H,21,22,24). The van der Waals surface area contributed by atoms with Crippen molar-refractivity contribution in [2.75, 3.05) is 10.6 Å². The van der Waals surface area contributed by atoms with Gasteiger partial charge in [0.25, 0.3) is 0 Å². The number of imidazole rings is 1. The number of carbonyl (C=O) groups is 2. The second kappa shape index (κ2) is 5.89. The van der Waals surface area contributed by atoms with Crippen LogP contribution in [0.2, 0.25) is 5.02 Å². The van der Waals surface area contributed by atoms with Crippen LogP contribution in [0.25, 0.3) is 11.0 Å². The Kier molecular flexibility index (Phi) is 3.69. The largest absolute Gasteiger partial charge is 0.324 e. The number of aromatic nitrogens is 2. The highest BCUT2D eigenvalue weighted by molar-refractivity contribution is 6.31. The van der Waals surface area contributed by atoms with Crippen LogP contribution in [0.15, 0.2) is 42.5 Å². The van der Waals surface area contributed by atoms with Crippen molar-refractivity contribution in [2.24, 2.45) is 0 Å². The van der Waals surface area contributed by atoms with Crippen molar-refractivity contribution >= 4 is 46.1 Å². The molecule has 1 atom stereocenters. The number of nitrogens with one attached hydrogen (secondary N) is 2. The Morgan fingerprint density at radius 2 is 2.12 bits per heavy atom. The van der Waals surface area contributed by atoms with Crippen molar-refractivity contribution in [3.05, 3.63) is 53.1 Å². The lowest BCUT2D eigenvalue weighted by atomic mass is 10.1. The zero-order valence-electron chi connectivity index (χ0n) is 13.4. The molecule has 0 fully saturated rings. The van der Waals surface area contributed by atoms with E-state index in [1.807, 2.05) is 37.3 Å². The summed E-state index contributed by atoms with van der Waals surface area (Å²) in [5, 5.41) is 6.15. The molecule has 126 valence electrons. The number of para-hydroxylation sites is 2. The molecule has 0 saturated heterocycles. The van der Waals surface area contributed by atoms with Crippen molar-refractivity contribution < 1.29 is 9.59 Å². The number of benzene rings is 2. The lowest BCUT2D eigenvalue weighted by molar-refractivity contribution is -0.124. The molecule has 4 rings (SSSR count). The molecule has 1 aliphatic rings. The second-order valence-electron chi connectivity index (χ2n) is 6.01. The first kappa shape index (κ1) is 15.7. The van der Waals surface area contributed by atoms with Crippen LogP contribution in [0.5, 0.6) is 0 Å². The summed E-state index contributed by atoms with van der Waals surface area (Å²) in [6.45, 7) is 1.89. The van der Waals surface area contributed by atoms with Crippen LogP contribution < -0.4 is 10.6 Å². The SMILES string of the molecule is Cc1ccc(Cl)cc1NC(=O)C1CC(=O)Nc2nc3ccccc3n21. The highest BCUT2D eigenvalue weighted by atomic mass is 35.5. The van der Waals surface area contributed by atoms with Gasteiger partial charge in [-0.2, -0.15) is 0 Å². The van der Waals surface area contributed by atoms with Gasteiger partial charge in [0.15, 0.2) is 0 Å². The number of halogens is 1. The summed E-state index contributed by atoms with van der Waals surface area (Å²) in [4.78, 5) is 29.3. The van der Waals surface area contributed by atoms with Gasteiger partial charge < -0.3 is 5.32 Å². The molecule has 2 heterocycles. The van der Waals surface area contributed by atoms with E-state index in [4.69, 9.17) is 11.6 Å². The zero-order valence-corrected chi connectivity index (χ0v) is 14.2. The Balaban J connectivity index is 1.74. The highest BCUT2D eigenvalue weighted by Gasteiger charge is 2.33. The number of rotatable bonds is 2. The monoisotopic (exact) mass is 354 g/mol. The van der Waals surface area contributed by atoms with Crippen LogP contribution in [-0.2, 0) is 9.59 Å². The average Bonchev–Trinajstić information content (AvgIpc) is 2.95. The minimum atomic E-state index is -0.672. The number of hydrogen-bond acceptors (Lipinski definition) is 3. The summed E-state index contributed by atoms with van der Waals surface area (Å²) < 4.78 is 1.77. The quantitative estimate of drug-likeness (QED) is 0.739. The minimum Gasteiger partial charge on any atom is -0.324 e. The first-order valence-corrected chi connectivity index (χ1v) is 8.24. The van der Waals surface area contributed by atoms with Gasteiger partial charge in [0.05, 0.1) is 17.5 Å². The van der Waals surface area contributed by atoms with Gasteiger partial charge in [-0.1, -0.05) is 29.8 Å². The molecule has 6 nitrogen and oxygen atoms in total. The van der Waals surface area contributed by atoms with Gasteiger partial charge in [0.2, 0.25) is 17.8 Å². The maximum absolute atomic E-state index is 12.9. The maximum Gasteiger partial charge on any atom is 0.248 e. The predicted octanol–water partition coefficient (Wildman–Crippen LogP) is 3.52. The van der Waals surface area contributed by atoms with Crippen LogP contribution in [0.1, 0.15) is 18.0 Å². The van der Waals surface area contributed by atoms with Crippen molar-refractivity contribution in [3.8, 4) is 0 Å².